The van der Waals surface area contributed by atoms with Gasteiger partial charge in [0.05, 0.1) is 16.8 Å². The predicted octanol–water partition coefficient (Wildman–Crippen LogP) is 7.74. The van der Waals surface area contributed by atoms with Gasteiger partial charge >= 0.3 is 6.03 Å². The summed E-state index contributed by atoms with van der Waals surface area (Å²) in [6, 6.07) is 21.3. The van der Waals surface area contributed by atoms with E-state index in [1.165, 1.54) is 16.4 Å². The molecular formula is C22H14Cl3N3OS. The van der Waals surface area contributed by atoms with E-state index in [-0.39, 0.29) is 6.03 Å². The van der Waals surface area contributed by atoms with E-state index in [1.54, 1.807) is 42.6 Å². The van der Waals surface area contributed by atoms with Gasteiger partial charge < -0.3 is 5.32 Å². The number of hydrogen-bond acceptors (Lipinski definition) is 3. The first-order valence-corrected chi connectivity index (χ1v) is 10.8. The molecule has 0 aliphatic carbocycles. The fraction of sp³-hybridized carbons (Fsp3) is 0. The van der Waals surface area contributed by atoms with Gasteiger partial charge in [-0.1, -0.05) is 58.7 Å². The van der Waals surface area contributed by atoms with Gasteiger partial charge in [0.1, 0.15) is 0 Å². The van der Waals surface area contributed by atoms with Crippen LogP contribution in [0.15, 0.2) is 88.8 Å². The number of halogens is 3. The fourth-order valence-electron chi connectivity index (χ4n) is 2.77. The van der Waals surface area contributed by atoms with Gasteiger partial charge in [-0.25, -0.2) is 4.79 Å². The summed E-state index contributed by atoms with van der Waals surface area (Å²) in [7, 11) is 0. The number of amides is 1. The minimum absolute atomic E-state index is 0.384. The van der Waals surface area contributed by atoms with Crippen LogP contribution in [-0.2, 0) is 0 Å². The molecule has 0 unspecified atom stereocenters. The van der Waals surface area contributed by atoms with Crippen LogP contribution in [0.4, 0.5) is 10.5 Å². The van der Waals surface area contributed by atoms with Crippen LogP contribution in [0.25, 0.3) is 11.3 Å². The molecule has 0 fully saturated rings. The van der Waals surface area contributed by atoms with Crippen LogP contribution in [-0.4, -0.2) is 15.8 Å². The monoisotopic (exact) mass is 473 g/mol. The van der Waals surface area contributed by atoms with Crippen molar-refractivity contribution in [1.29, 1.82) is 0 Å². The minimum Gasteiger partial charge on any atom is -0.306 e. The van der Waals surface area contributed by atoms with Crippen molar-refractivity contribution in [3.63, 3.8) is 0 Å². The van der Waals surface area contributed by atoms with Crippen LogP contribution in [0.2, 0.25) is 15.1 Å². The van der Waals surface area contributed by atoms with E-state index < -0.39 is 0 Å². The molecule has 4 nitrogen and oxygen atoms in total. The number of nitrogens with one attached hydrogen (secondary N) is 1. The second-order valence-corrected chi connectivity index (χ2v) is 8.69. The molecule has 0 atom stereocenters. The highest BCUT2D eigenvalue weighted by atomic mass is 35.5. The zero-order valence-electron chi connectivity index (χ0n) is 15.4. The maximum Gasteiger partial charge on any atom is 0.347 e. The molecule has 1 heterocycles. The predicted molar refractivity (Wildman–Crippen MR) is 124 cm³/mol. The van der Waals surface area contributed by atoms with Gasteiger partial charge in [-0.3, -0.25) is 0 Å². The average molecular weight is 475 g/mol. The summed E-state index contributed by atoms with van der Waals surface area (Å²) >= 11 is 19.5. The molecular weight excluding hydrogens is 461 g/mol. The smallest absolute Gasteiger partial charge is 0.306 e. The molecule has 0 aliphatic heterocycles. The fourth-order valence-corrected chi connectivity index (χ4v) is 4.08. The lowest BCUT2D eigenvalue weighted by Crippen LogP contribution is -2.21. The Labute approximate surface area is 192 Å². The zero-order chi connectivity index (χ0) is 21.1. The van der Waals surface area contributed by atoms with Crippen molar-refractivity contribution in [2.24, 2.45) is 0 Å². The first-order valence-electron chi connectivity index (χ1n) is 8.84. The lowest BCUT2D eigenvalue weighted by molar-refractivity contribution is 0.251. The van der Waals surface area contributed by atoms with E-state index >= 15 is 0 Å². The quantitative estimate of drug-likeness (QED) is 0.329. The Morgan fingerprint density at radius 2 is 1.33 bits per heavy atom. The minimum atomic E-state index is -0.384. The summed E-state index contributed by atoms with van der Waals surface area (Å²) in [5.41, 5.74) is 2.10. The molecule has 1 aromatic heterocycles. The summed E-state index contributed by atoms with van der Waals surface area (Å²) < 4.78 is 1.34. The van der Waals surface area contributed by atoms with Crippen LogP contribution >= 0.6 is 46.6 Å². The Balaban J connectivity index is 1.71. The van der Waals surface area contributed by atoms with Crippen molar-refractivity contribution in [3.05, 3.63) is 94.1 Å². The van der Waals surface area contributed by atoms with Gasteiger partial charge in [-0.05, 0) is 60.7 Å². The highest BCUT2D eigenvalue weighted by Gasteiger charge is 2.19. The van der Waals surface area contributed by atoms with Gasteiger partial charge in [0.25, 0.3) is 0 Å². The highest BCUT2D eigenvalue weighted by molar-refractivity contribution is 7.99. The van der Waals surface area contributed by atoms with E-state index in [4.69, 9.17) is 34.8 Å². The Kier molecular flexibility index (Phi) is 6.35. The molecule has 0 bridgehead atoms. The number of aromatic nitrogens is 2. The number of rotatable bonds is 4. The van der Waals surface area contributed by atoms with Crippen LogP contribution in [0.1, 0.15) is 0 Å². The average Bonchev–Trinajstić information content (AvgIpc) is 3.15. The summed E-state index contributed by atoms with van der Waals surface area (Å²) in [4.78, 5) is 14.8. The van der Waals surface area contributed by atoms with Crippen molar-refractivity contribution >= 4 is 58.3 Å². The second kappa shape index (κ2) is 9.14. The lowest BCUT2D eigenvalue weighted by atomic mass is 10.1. The number of carbonyl (C=O) groups is 1. The van der Waals surface area contributed by atoms with Crippen molar-refractivity contribution in [3.8, 4) is 11.3 Å². The maximum absolute atomic E-state index is 13.0. The summed E-state index contributed by atoms with van der Waals surface area (Å²) in [6.07, 6.45) is 1.67. The third kappa shape index (κ3) is 4.82. The maximum atomic E-state index is 13.0. The number of hydrogen-bond donors (Lipinski definition) is 1. The summed E-state index contributed by atoms with van der Waals surface area (Å²) in [5.74, 6) is 0. The van der Waals surface area contributed by atoms with Crippen molar-refractivity contribution < 1.29 is 4.79 Å². The summed E-state index contributed by atoms with van der Waals surface area (Å²) in [5, 5.41) is 9.05. The molecule has 150 valence electrons. The third-order valence-electron chi connectivity index (χ3n) is 4.18. The summed E-state index contributed by atoms with van der Waals surface area (Å²) in [6.45, 7) is 0. The molecule has 1 N–H and O–H groups in total. The topological polar surface area (TPSA) is 46.9 Å². The van der Waals surface area contributed by atoms with Crippen LogP contribution in [0.5, 0.6) is 0 Å². The first kappa shape index (κ1) is 20.8. The zero-order valence-corrected chi connectivity index (χ0v) is 18.4. The standard InChI is InChI=1S/C22H14Cl3N3OS/c23-15-3-1-14(2-4-15)21-20(30-19-11-7-17(25)8-12-19)13-26-28(21)22(29)27-18-9-5-16(24)6-10-18/h1-13H,(H,27,29). The third-order valence-corrected chi connectivity index (χ3v) is 5.97. The second-order valence-electron chi connectivity index (χ2n) is 6.27. The van der Waals surface area contributed by atoms with Crippen LogP contribution in [0.3, 0.4) is 0 Å². The van der Waals surface area contributed by atoms with Crippen molar-refractivity contribution in [2.45, 2.75) is 9.79 Å². The van der Waals surface area contributed by atoms with Gasteiger partial charge in [0.15, 0.2) is 0 Å². The number of anilines is 1. The molecule has 0 spiro atoms. The van der Waals surface area contributed by atoms with E-state index in [9.17, 15) is 4.79 Å². The first-order chi connectivity index (χ1) is 14.5. The van der Waals surface area contributed by atoms with E-state index in [1.807, 2.05) is 36.4 Å². The molecule has 1 amide bonds. The van der Waals surface area contributed by atoms with Crippen molar-refractivity contribution in [2.75, 3.05) is 5.32 Å². The number of nitrogens with zero attached hydrogens (tertiary/aromatic N) is 2. The number of carbonyl (C=O) groups excluding carboxylic acids is 1. The van der Waals surface area contributed by atoms with Crippen LogP contribution < -0.4 is 5.32 Å². The van der Waals surface area contributed by atoms with Gasteiger partial charge in [-0.15, -0.1) is 0 Å². The molecule has 30 heavy (non-hydrogen) atoms. The molecule has 0 aliphatic rings. The van der Waals surface area contributed by atoms with Crippen LogP contribution in [0, 0.1) is 0 Å². The Morgan fingerprint density at radius 1 is 0.800 bits per heavy atom. The van der Waals surface area contributed by atoms with Gasteiger partial charge in [0, 0.05) is 31.2 Å². The Morgan fingerprint density at radius 3 is 1.93 bits per heavy atom. The Bertz CT molecular complexity index is 1170. The SMILES string of the molecule is O=C(Nc1ccc(Cl)cc1)n1ncc(Sc2ccc(Cl)cc2)c1-c1ccc(Cl)cc1. The highest BCUT2D eigenvalue weighted by Crippen LogP contribution is 2.37. The molecule has 0 radical (unpaired) electrons. The van der Waals surface area contributed by atoms with E-state index in [2.05, 4.69) is 10.4 Å². The van der Waals surface area contributed by atoms with E-state index in [0.29, 0.717) is 26.4 Å². The number of benzene rings is 3. The lowest BCUT2D eigenvalue weighted by Gasteiger charge is -2.11. The molecule has 4 rings (SSSR count). The van der Waals surface area contributed by atoms with E-state index in [0.717, 1.165) is 15.4 Å². The Hall–Kier alpha value is -2.44. The van der Waals surface area contributed by atoms with Gasteiger partial charge in [0.2, 0.25) is 0 Å². The van der Waals surface area contributed by atoms with Gasteiger partial charge in [-0.2, -0.15) is 9.78 Å². The normalized spacial score (nSPS) is 10.8. The molecule has 0 saturated carbocycles. The molecule has 8 heteroatoms. The van der Waals surface area contributed by atoms with Crippen molar-refractivity contribution in [1.82, 2.24) is 9.78 Å². The molecule has 4 aromatic rings. The largest absolute Gasteiger partial charge is 0.347 e. The molecule has 3 aromatic carbocycles. The molecule has 0 saturated heterocycles.